The Hall–Kier alpha value is -1.91. The van der Waals surface area contributed by atoms with Crippen molar-refractivity contribution >= 4 is 11.9 Å². The lowest BCUT2D eigenvalue weighted by molar-refractivity contribution is -0.147. The van der Waals surface area contributed by atoms with Crippen molar-refractivity contribution in [3.8, 4) is 0 Å². The number of carboxylic acids is 1. The Morgan fingerprint density at radius 2 is 2.08 bits per heavy atom. The first kappa shape index (κ1) is 18.4. The van der Waals surface area contributed by atoms with Gasteiger partial charge in [-0.15, -0.1) is 0 Å². The van der Waals surface area contributed by atoms with Gasteiger partial charge in [-0.1, -0.05) is 38.0 Å². The second-order valence-electron chi connectivity index (χ2n) is 7.07. The topological polar surface area (TPSA) is 66.4 Å². The third-order valence-electron chi connectivity index (χ3n) is 5.17. The normalized spacial score (nSPS) is 25.0. The molecule has 3 atom stereocenters. The lowest BCUT2D eigenvalue weighted by Crippen LogP contribution is -2.56. The average Bonchev–Trinajstić information content (AvgIpc) is 2.53. The molecule has 1 aliphatic rings. The second kappa shape index (κ2) is 7.77. The predicted octanol–water partition coefficient (Wildman–Crippen LogP) is 3.54. The van der Waals surface area contributed by atoms with E-state index in [9.17, 15) is 19.1 Å². The van der Waals surface area contributed by atoms with E-state index in [1.807, 2.05) is 6.92 Å². The zero-order valence-electron chi connectivity index (χ0n) is 14.3. The quantitative estimate of drug-likeness (QED) is 0.835. The molecule has 2 rings (SSSR count). The number of rotatable bonds is 6. The van der Waals surface area contributed by atoms with Gasteiger partial charge in [-0.2, -0.15) is 0 Å². The largest absolute Gasteiger partial charge is 0.481 e. The molecule has 1 saturated carbocycles. The fourth-order valence-corrected chi connectivity index (χ4v) is 3.49. The van der Waals surface area contributed by atoms with Crippen LogP contribution >= 0.6 is 0 Å². The summed E-state index contributed by atoms with van der Waals surface area (Å²) < 4.78 is 13.6. The smallest absolute Gasteiger partial charge is 0.308 e. The third-order valence-corrected chi connectivity index (χ3v) is 5.17. The van der Waals surface area contributed by atoms with E-state index in [4.69, 9.17) is 0 Å². The number of carbonyl (C=O) groups excluding carboxylic acids is 1. The van der Waals surface area contributed by atoms with Crippen molar-refractivity contribution in [2.45, 2.75) is 57.9 Å². The van der Waals surface area contributed by atoms with E-state index in [1.165, 1.54) is 6.07 Å². The van der Waals surface area contributed by atoms with E-state index < -0.39 is 17.4 Å². The molecule has 0 aromatic heterocycles. The summed E-state index contributed by atoms with van der Waals surface area (Å²) >= 11 is 0. The van der Waals surface area contributed by atoms with Gasteiger partial charge >= 0.3 is 5.97 Å². The predicted molar refractivity (Wildman–Crippen MR) is 90.0 cm³/mol. The standard InChI is InChI=1S/C19H26FNO3/c1-13(10-11-14-7-3-4-9-16(14)20)17(22)21-19(2)12-6-5-8-15(19)18(23)24/h3-4,7,9,13,15H,5-6,8,10-12H2,1-2H3,(H,21,22)(H,23,24). The number of aliphatic carboxylic acids is 1. The molecule has 0 bridgehead atoms. The molecule has 0 saturated heterocycles. The molecule has 3 unspecified atom stereocenters. The zero-order valence-corrected chi connectivity index (χ0v) is 14.3. The number of carbonyl (C=O) groups is 2. The van der Waals surface area contributed by atoms with Crippen LogP contribution in [0.3, 0.4) is 0 Å². The number of benzene rings is 1. The van der Waals surface area contributed by atoms with E-state index in [-0.39, 0.29) is 17.6 Å². The van der Waals surface area contributed by atoms with E-state index in [2.05, 4.69) is 5.32 Å². The molecule has 1 aromatic carbocycles. The Labute approximate surface area is 142 Å². The minimum Gasteiger partial charge on any atom is -0.481 e. The molecule has 1 aliphatic carbocycles. The molecule has 0 heterocycles. The monoisotopic (exact) mass is 335 g/mol. The van der Waals surface area contributed by atoms with Crippen molar-refractivity contribution in [1.29, 1.82) is 0 Å². The van der Waals surface area contributed by atoms with Crippen LogP contribution in [-0.2, 0) is 16.0 Å². The highest BCUT2D eigenvalue weighted by atomic mass is 19.1. The number of carboxylic acid groups (broad SMARTS) is 1. The van der Waals surface area contributed by atoms with Gasteiger partial charge in [-0.3, -0.25) is 9.59 Å². The number of halogens is 1. The van der Waals surface area contributed by atoms with Gasteiger partial charge in [0.05, 0.1) is 11.5 Å². The maximum absolute atomic E-state index is 13.6. The lowest BCUT2D eigenvalue weighted by Gasteiger charge is -2.40. The molecule has 1 amide bonds. The maximum atomic E-state index is 13.6. The molecular weight excluding hydrogens is 309 g/mol. The maximum Gasteiger partial charge on any atom is 0.308 e. The first-order valence-electron chi connectivity index (χ1n) is 8.62. The van der Waals surface area contributed by atoms with Crippen molar-refractivity contribution in [3.05, 3.63) is 35.6 Å². The first-order valence-corrected chi connectivity index (χ1v) is 8.62. The number of amides is 1. The van der Waals surface area contributed by atoms with Gasteiger partial charge in [-0.25, -0.2) is 4.39 Å². The zero-order chi connectivity index (χ0) is 17.7. The Bertz CT molecular complexity index is 604. The van der Waals surface area contributed by atoms with Crippen LogP contribution in [0, 0.1) is 17.7 Å². The third kappa shape index (κ3) is 4.34. The van der Waals surface area contributed by atoms with E-state index in [1.54, 1.807) is 25.1 Å². The van der Waals surface area contributed by atoms with Crippen molar-refractivity contribution in [1.82, 2.24) is 5.32 Å². The van der Waals surface area contributed by atoms with Gasteiger partial charge in [0.1, 0.15) is 5.82 Å². The summed E-state index contributed by atoms with van der Waals surface area (Å²) in [4.78, 5) is 24.0. The molecule has 0 spiro atoms. The minimum atomic E-state index is -0.850. The van der Waals surface area contributed by atoms with Gasteiger partial charge in [0.2, 0.25) is 5.91 Å². The van der Waals surface area contributed by atoms with Gasteiger partial charge in [0.25, 0.3) is 0 Å². The van der Waals surface area contributed by atoms with Crippen molar-refractivity contribution in [3.63, 3.8) is 0 Å². The van der Waals surface area contributed by atoms with Crippen LogP contribution in [0.2, 0.25) is 0 Å². The minimum absolute atomic E-state index is 0.151. The highest BCUT2D eigenvalue weighted by Crippen LogP contribution is 2.34. The summed E-state index contributed by atoms with van der Waals surface area (Å²) in [6.07, 6.45) is 4.09. The Kier molecular flexibility index (Phi) is 5.97. The van der Waals surface area contributed by atoms with Gasteiger partial charge in [-0.05, 0) is 44.2 Å². The highest BCUT2D eigenvalue weighted by molar-refractivity contribution is 5.81. The molecular formula is C19H26FNO3. The molecule has 24 heavy (non-hydrogen) atoms. The van der Waals surface area contributed by atoms with Gasteiger partial charge in [0, 0.05) is 5.92 Å². The van der Waals surface area contributed by atoms with E-state index >= 15 is 0 Å². The number of aryl methyl sites for hydroxylation is 1. The van der Waals surface area contributed by atoms with Crippen molar-refractivity contribution < 1.29 is 19.1 Å². The molecule has 1 aromatic rings. The molecule has 4 nitrogen and oxygen atoms in total. The number of hydrogen-bond donors (Lipinski definition) is 2. The van der Waals surface area contributed by atoms with Crippen molar-refractivity contribution in [2.75, 3.05) is 0 Å². The molecule has 1 fully saturated rings. The Morgan fingerprint density at radius 1 is 1.38 bits per heavy atom. The van der Waals surface area contributed by atoms with Gasteiger partial charge < -0.3 is 10.4 Å². The van der Waals surface area contributed by atoms with Crippen LogP contribution in [0.15, 0.2) is 24.3 Å². The number of hydrogen-bond acceptors (Lipinski definition) is 2. The number of nitrogens with one attached hydrogen (secondary N) is 1. The average molecular weight is 335 g/mol. The van der Waals surface area contributed by atoms with Crippen LogP contribution in [-0.4, -0.2) is 22.5 Å². The SMILES string of the molecule is CC(CCc1ccccc1F)C(=O)NC1(C)CCCCC1C(=O)O. The first-order chi connectivity index (χ1) is 11.3. The summed E-state index contributed by atoms with van der Waals surface area (Å²) in [5.74, 6) is -2.10. The Morgan fingerprint density at radius 3 is 2.75 bits per heavy atom. The Balaban J connectivity index is 1.95. The molecule has 132 valence electrons. The molecule has 5 heteroatoms. The summed E-state index contributed by atoms with van der Waals surface area (Å²) in [5, 5.41) is 12.4. The fourth-order valence-electron chi connectivity index (χ4n) is 3.49. The van der Waals surface area contributed by atoms with Crippen LogP contribution in [0.4, 0.5) is 4.39 Å². The summed E-state index contributed by atoms with van der Waals surface area (Å²) in [7, 11) is 0. The van der Waals surface area contributed by atoms with Crippen LogP contribution in [0.25, 0.3) is 0 Å². The van der Waals surface area contributed by atoms with Crippen LogP contribution in [0.5, 0.6) is 0 Å². The fraction of sp³-hybridized carbons (Fsp3) is 0.579. The summed E-state index contributed by atoms with van der Waals surface area (Å²) in [6.45, 7) is 3.63. The lowest BCUT2D eigenvalue weighted by atomic mass is 9.73. The summed E-state index contributed by atoms with van der Waals surface area (Å²) in [6, 6.07) is 6.57. The molecule has 0 aliphatic heterocycles. The second-order valence-corrected chi connectivity index (χ2v) is 7.07. The summed E-state index contributed by atoms with van der Waals surface area (Å²) in [5.41, 5.74) is -0.0996. The van der Waals surface area contributed by atoms with E-state index in [0.29, 0.717) is 31.2 Å². The highest BCUT2D eigenvalue weighted by Gasteiger charge is 2.42. The van der Waals surface area contributed by atoms with Gasteiger partial charge in [0.15, 0.2) is 0 Å². The van der Waals surface area contributed by atoms with Crippen molar-refractivity contribution in [2.24, 2.45) is 11.8 Å². The molecule has 2 N–H and O–H groups in total. The van der Waals surface area contributed by atoms with Crippen LogP contribution in [0.1, 0.15) is 51.5 Å². The van der Waals surface area contributed by atoms with E-state index in [0.717, 1.165) is 12.8 Å². The van der Waals surface area contributed by atoms with Crippen LogP contribution < -0.4 is 5.32 Å². The molecule has 0 radical (unpaired) electrons.